The summed E-state index contributed by atoms with van der Waals surface area (Å²) in [5, 5.41) is 9.46. The minimum absolute atomic E-state index is 0.292. The lowest BCUT2D eigenvalue weighted by atomic mass is 10.0. The van der Waals surface area contributed by atoms with E-state index in [0.29, 0.717) is 41.6 Å². The van der Waals surface area contributed by atoms with Gasteiger partial charge in [-0.25, -0.2) is 8.91 Å². The summed E-state index contributed by atoms with van der Waals surface area (Å²) in [6.45, 7) is 0.693. The molecule has 0 N–H and O–H groups in total. The van der Waals surface area contributed by atoms with Crippen LogP contribution in [0, 0.1) is 11.7 Å². The highest BCUT2D eigenvalue weighted by atomic mass is 19.1. The molecule has 0 unspecified atom stereocenters. The second kappa shape index (κ2) is 7.40. The Morgan fingerprint density at radius 2 is 1.97 bits per heavy atom. The third-order valence-electron chi connectivity index (χ3n) is 5.85. The maximum atomic E-state index is 14.9. The van der Waals surface area contributed by atoms with Gasteiger partial charge in [0, 0.05) is 66.3 Å². The fraction of sp³-hybridized carbons (Fsp3) is 0.250. The Morgan fingerprint density at radius 3 is 2.78 bits per heavy atom. The third-order valence-corrected chi connectivity index (χ3v) is 5.85. The summed E-state index contributed by atoms with van der Waals surface area (Å²) < 4.78 is 24.2. The average Bonchev–Trinajstić information content (AvgIpc) is 3.40. The zero-order valence-corrected chi connectivity index (χ0v) is 17.6. The number of benzene rings is 1. The quantitative estimate of drug-likeness (QED) is 0.405. The average molecular weight is 428 g/mol. The molecular weight excluding hydrogens is 407 g/mol. The molecule has 0 saturated heterocycles. The smallest absolute Gasteiger partial charge is 0.216 e. The van der Waals surface area contributed by atoms with Gasteiger partial charge in [0.25, 0.3) is 0 Å². The molecule has 0 atom stereocenters. The number of hydrogen-bond donors (Lipinski definition) is 0. The maximum absolute atomic E-state index is 14.9. The molecule has 32 heavy (non-hydrogen) atoms. The van der Waals surface area contributed by atoms with E-state index in [1.165, 1.54) is 18.9 Å². The van der Waals surface area contributed by atoms with Crippen LogP contribution in [0.3, 0.4) is 0 Å². The first-order valence-corrected chi connectivity index (χ1v) is 10.7. The van der Waals surface area contributed by atoms with Crippen molar-refractivity contribution < 1.29 is 9.13 Å². The standard InChI is InChI=1S/C24H21FN6O/c1-30-13-20(12-27-30)18-8-17-6-16(21(25)9-22(17)26-10-18)7-19-11-28-31-5-4-23(29-24(19)31)32-14-15-2-3-15/h4-6,8-13,15H,2-3,7,14H2,1H3. The van der Waals surface area contributed by atoms with Crippen molar-refractivity contribution in [1.29, 1.82) is 0 Å². The number of ether oxygens (including phenoxy) is 1. The van der Waals surface area contributed by atoms with Crippen LogP contribution in [-0.4, -0.2) is 36.0 Å². The molecule has 1 aliphatic carbocycles. The summed E-state index contributed by atoms with van der Waals surface area (Å²) in [6.07, 6.45) is 11.9. The zero-order valence-electron chi connectivity index (χ0n) is 17.6. The largest absolute Gasteiger partial charge is 0.477 e. The number of halogens is 1. The molecule has 5 aromatic rings. The molecule has 1 aromatic carbocycles. The molecule has 4 aromatic heterocycles. The molecule has 4 heterocycles. The molecule has 7 nitrogen and oxygen atoms in total. The lowest BCUT2D eigenvalue weighted by molar-refractivity contribution is 0.288. The van der Waals surface area contributed by atoms with Gasteiger partial charge < -0.3 is 4.74 Å². The SMILES string of the molecule is Cn1cc(-c2cnc3cc(F)c(Cc4cnn5ccc(OCC6CC6)nc45)cc3c2)cn1. The number of aryl methyl sites for hydroxylation is 1. The maximum Gasteiger partial charge on any atom is 0.216 e. The monoisotopic (exact) mass is 428 g/mol. The summed E-state index contributed by atoms with van der Waals surface area (Å²) in [6, 6.07) is 7.17. The van der Waals surface area contributed by atoms with Crippen molar-refractivity contribution in [3.63, 3.8) is 0 Å². The predicted molar refractivity (Wildman–Crippen MR) is 118 cm³/mol. The Bertz CT molecular complexity index is 1450. The van der Waals surface area contributed by atoms with Gasteiger partial charge in [-0.05, 0) is 36.5 Å². The van der Waals surface area contributed by atoms with Gasteiger partial charge in [0.2, 0.25) is 5.88 Å². The lowest BCUT2D eigenvalue weighted by Gasteiger charge is -2.07. The molecule has 0 radical (unpaired) electrons. The highest BCUT2D eigenvalue weighted by molar-refractivity contribution is 5.84. The first kappa shape index (κ1) is 18.9. The van der Waals surface area contributed by atoms with Crippen LogP contribution < -0.4 is 4.74 Å². The van der Waals surface area contributed by atoms with Gasteiger partial charge in [0.15, 0.2) is 5.65 Å². The molecule has 1 aliphatic rings. The van der Waals surface area contributed by atoms with E-state index in [1.807, 2.05) is 37.6 Å². The van der Waals surface area contributed by atoms with Gasteiger partial charge in [0.1, 0.15) is 5.82 Å². The fourth-order valence-electron chi connectivity index (χ4n) is 3.86. The van der Waals surface area contributed by atoms with E-state index in [9.17, 15) is 4.39 Å². The van der Waals surface area contributed by atoms with E-state index in [2.05, 4.69) is 20.2 Å². The summed E-state index contributed by atoms with van der Waals surface area (Å²) in [7, 11) is 1.87. The van der Waals surface area contributed by atoms with Crippen LogP contribution in [0.4, 0.5) is 4.39 Å². The van der Waals surface area contributed by atoms with Crippen LogP contribution in [-0.2, 0) is 13.5 Å². The third kappa shape index (κ3) is 3.57. The van der Waals surface area contributed by atoms with E-state index in [0.717, 1.165) is 22.1 Å². The molecule has 0 amide bonds. The van der Waals surface area contributed by atoms with Gasteiger partial charge in [-0.15, -0.1) is 0 Å². The number of nitrogens with zero attached hydrogens (tertiary/aromatic N) is 6. The molecule has 6 rings (SSSR count). The van der Waals surface area contributed by atoms with Crippen molar-refractivity contribution in [3.8, 4) is 17.0 Å². The van der Waals surface area contributed by atoms with Crippen LogP contribution in [0.1, 0.15) is 24.0 Å². The molecule has 0 aliphatic heterocycles. The van der Waals surface area contributed by atoms with E-state index >= 15 is 0 Å². The summed E-state index contributed by atoms with van der Waals surface area (Å²) in [5.74, 6) is 0.935. The summed E-state index contributed by atoms with van der Waals surface area (Å²) in [4.78, 5) is 9.06. The van der Waals surface area contributed by atoms with Crippen molar-refractivity contribution in [2.24, 2.45) is 13.0 Å². The number of hydrogen-bond acceptors (Lipinski definition) is 5. The molecule has 160 valence electrons. The molecule has 0 bridgehead atoms. The Kier molecular flexibility index (Phi) is 4.38. The first-order chi connectivity index (χ1) is 15.6. The fourth-order valence-corrected chi connectivity index (χ4v) is 3.86. The van der Waals surface area contributed by atoms with Crippen LogP contribution in [0.25, 0.3) is 27.7 Å². The highest BCUT2D eigenvalue weighted by Crippen LogP contribution is 2.30. The highest BCUT2D eigenvalue weighted by Gasteiger charge is 2.22. The topological polar surface area (TPSA) is 70.1 Å². The van der Waals surface area contributed by atoms with Crippen molar-refractivity contribution in [3.05, 3.63) is 72.2 Å². The lowest BCUT2D eigenvalue weighted by Crippen LogP contribution is -2.02. The van der Waals surface area contributed by atoms with Crippen molar-refractivity contribution >= 4 is 16.6 Å². The number of aromatic nitrogens is 6. The van der Waals surface area contributed by atoms with E-state index in [1.54, 1.807) is 27.8 Å². The molecule has 0 spiro atoms. The minimum atomic E-state index is -0.292. The molecular formula is C24H21FN6O. The first-order valence-electron chi connectivity index (χ1n) is 10.7. The summed E-state index contributed by atoms with van der Waals surface area (Å²) >= 11 is 0. The number of fused-ring (bicyclic) bond motifs is 2. The van der Waals surface area contributed by atoms with Crippen molar-refractivity contribution in [1.82, 2.24) is 29.4 Å². The van der Waals surface area contributed by atoms with Gasteiger partial charge in [-0.3, -0.25) is 9.67 Å². The van der Waals surface area contributed by atoms with E-state index in [4.69, 9.17) is 4.74 Å². The van der Waals surface area contributed by atoms with Gasteiger partial charge in [0.05, 0.1) is 24.5 Å². The Hall–Kier alpha value is -3.81. The zero-order chi connectivity index (χ0) is 21.7. The van der Waals surface area contributed by atoms with Crippen LogP contribution in [0.5, 0.6) is 5.88 Å². The van der Waals surface area contributed by atoms with Crippen LogP contribution >= 0.6 is 0 Å². The van der Waals surface area contributed by atoms with Gasteiger partial charge >= 0.3 is 0 Å². The van der Waals surface area contributed by atoms with E-state index < -0.39 is 0 Å². The minimum Gasteiger partial charge on any atom is -0.477 e. The van der Waals surface area contributed by atoms with E-state index in [-0.39, 0.29) is 5.82 Å². The second-order valence-electron chi connectivity index (χ2n) is 8.40. The normalized spacial score (nSPS) is 13.8. The van der Waals surface area contributed by atoms with Crippen LogP contribution in [0.2, 0.25) is 0 Å². The van der Waals surface area contributed by atoms with Gasteiger partial charge in [-0.2, -0.15) is 15.2 Å². The van der Waals surface area contributed by atoms with Crippen molar-refractivity contribution in [2.75, 3.05) is 6.61 Å². The number of pyridine rings is 1. The Balaban J connectivity index is 1.34. The van der Waals surface area contributed by atoms with Crippen molar-refractivity contribution in [2.45, 2.75) is 19.3 Å². The Labute approximate surface area is 183 Å². The molecule has 1 saturated carbocycles. The molecule has 1 fully saturated rings. The summed E-state index contributed by atoms with van der Waals surface area (Å²) in [5.41, 5.74) is 4.63. The second-order valence-corrected chi connectivity index (χ2v) is 8.40. The van der Waals surface area contributed by atoms with Crippen LogP contribution in [0.15, 0.2) is 55.2 Å². The van der Waals surface area contributed by atoms with Gasteiger partial charge in [-0.1, -0.05) is 0 Å². The number of rotatable bonds is 6. The Morgan fingerprint density at radius 1 is 1.06 bits per heavy atom. The molecule has 8 heteroatoms. The predicted octanol–water partition coefficient (Wildman–Crippen LogP) is 4.20.